The minimum absolute atomic E-state index is 0.00622. The molecular weight excluding hydrogens is 268 g/mol. The summed E-state index contributed by atoms with van der Waals surface area (Å²) in [5.41, 5.74) is 0.112. The second kappa shape index (κ2) is 6.77. The first-order valence-corrected chi connectivity index (χ1v) is 8.11. The van der Waals surface area contributed by atoms with Gasteiger partial charge in [0.15, 0.2) is 0 Å². The van der Waals surface area contributed by atoms with E-state index in [9.17, 15) is 9.59 Å². The average Bonchev–Trinajstić information content (AvgIpc) is 2.60. The highest BCUT2D eigenvalue weighted by Gasteiger charge is 2.37. The molecule has 2 amide bonds. The number of ether oxygens (including phenoxy) is 1. The van der Waals surface area contributed by atoms with Crippen LogP contribution in [0.5, 0.6) is 0 Å². The Morgan fingerprint density at radius 3 is 2.67 bits per heavy atom. The zero-order valence-electron chi connectivity index (χ0n) is 13.5. The van der Waals surface area contributed by atoms with Crippen LogP contribution in [0.15, 0.2) is 0 Å². The zero-order valence-corrected chi connectivity index (χ0v) is 13.5. The SMILES string of the molecule is CCC(C)C1NC(=O)CCN(CC2(C)CCOCC2)C1=O. The van der Waals surface area contributed by atoms with Crippen molar-refractivity contribution in [1.82, 2.24) is 10.2 Å². The van der Waals surface area contributed by atoms with Gasteiger partial charge in [0.05, 0.1) is 0 Å². The van der Waals surface area contributed by atoms with Gasteiger partial charge in [0.1, 0.15) is 6.04 Å². The van der Waals surface area contributed by atoms with Gasteiger partial charge in [-0.25, -0.2) is 0 Å². The third kappa shape index (κ3) is 3.96. The van der Waals surface area contributed by atoms with E-state index in [1.165, 1.54) is 0 Å². The molecule has 0 aromatic rings. The number of nitrogens with zero attached hydrogens (tertiary/aromatic N) is 1. The Balaban J connectivity index is 2.09. The lowest BCUT2D eigenvalue weighted by molar-refractivity contribution is -0.137. The van der Waals surface area contributed by atoms with E-state index in [1.807, 2.05) is 11.8 Å². The van der Waals surface area contributed by atoms with E-state index < -0.39 is 0 Å². The van der Waals surface area contributed by atoms with Gasteiger partial charge in [-0.2, -0.15) is 0 Å². The van der Waals surface area contributed by atoms with Crippen LogP contribution in [0.2, 0.25) is 0 Å². The summed E-state index contributed by atoms with van der Waals surface area (Å²) in [6.45, 7) is 9.11. The Morgan fingerprint density at radius 1 is 1.38 bits per heavy atom. The third-order valence-electron chi connectivity index (χ3n) is 4.99. The molecule has 0 spiro atoms. The van der Waals surface area contributed by atoms with Gasteiger partial charge < -0.3 is 15.0 Å². The largest absolute Gasteiger partial charge is 0.381 e. The van der Waals surface area contributed by atoms with Crippen molar-refractivity contribution in [2.75, 3.05) is 26.3 Å². The Morgan fingerprint density at radius 2 is 2.05 bits per heavy atom. The summed E-state index contributed by atoms with van der Waals surface area (Å²) >= 11 is 0. The van der Waals surface area contributed by atoms with Crippen molar-refractivity contribution in [3.05, 3.63) is 0 Å². The normalized spacial score (nSPS) is 28.0. The maximum Gasteiger partial charge on any atom is 0.245 e. The number of hydrogen-bond donors (Lipinski definition) is 1. The molecular formula is C16H28N2O3. The van der Waals surface area contributed by atoms with Gasteiger partial charge in [0.25, 0.3) is 0 Å². The van der Waals surface area contributed by atoms with E-state index in [1.54, 1.807) is 0 Å². The third-order valence-corrected chi connectivity index (χ3v) is 4.99. The smallest absolute Gasteiger partial charge is 0.245 e. The van der Waals surface area contributed by atoms with Crippen molar-refractivity contribution in [3.8, 4) is 0 Å². The molecule has 2 atom stereocenters. The standard InChI is InChI=1S/C16H28N2O3/c1-4-12(2)14-15(20)18(8-5-13(19)17-14)11-16(3)6-9-21-10-7-16/h12,14H,4-11H2,1-3H3,(H,17,19). The number of hydrogen-bond acceptors (Lipinski definition) is 3. The van der Waals surface area contributed by atoms with Gasteiger partial charge in [-0.05, 0) is 24.2 Å². The van der Waals surface area contributed by atoms with Crippen LogP contribution in [0.4, 0.5) is 0 Å². The second-order valence-electron chi connectivity index (χ2n) is 6.86. The molecule has 2 unspecified atom stereocenters. The molecule has 2 aliphatic rings. The van der Waals surface area contributed by atoms with E-state index >= 15 is 0 Å². The molecule has 2 heterocycles. The molecule has 0 aliphatic carbocycles. The van der Waals surface area contributed by atoms with Crippen molar-refractivity contribution in [1.29, 1.82) is 0 Å². The fourth-order valence-corrected chi connectivity index (χ4v) is 3.11. The monoisotopic (exact) mass is 296 g/mol. The molecule has 120 valence electrons. The Bertz CT molecular complexity index is 391. The summed E-state index contributed by atoms with van der Waals surface area (Å²) in [6.07, 6.45) is 3.25. The summed E-state index contributed by atoms with van der Waals surface area (Å²) in [4.78, 5) is 26.6. The van der Waals surface area contributed by atoms with Gasteiger partial charge in [0.2, 0.25) is 11.8 Å². The maximum absolute atomic E-state index is 12.8. The number of amides is 2. The maximum atomic E-state index is 12.8. The molecule has 2 rings (SSSR count). The van der Waals surface area contributed by atoms with Gasteiger partial charge >= 0.3 is 0 Å². The predicted octanol–water partition coefficient (Wildman–Crippen LogP) is 1.57. The van der Waals surface area contributed by atoms with Crippen molar-refractivity contribution in [2.45, 2.75) is 52.5 Å². The number of nitrogens with one attached hydrogen (secondary N) is 1. The fraction of sp³-hybridized carbons (Fsp3) is 0.875. The number of carbonyl (C=O) groups excluding carboxylic acids is 2. The van der Waals surface area contributed by atoms with Crippen molar-refractivity contribution in [3.63, 3.8) is 0 Å². The molecule has 0 radical (unpaired) electrons. The van der Waals surface area contributed by atoms with Crippen LogP contribution >= 0.6 is 0 Å². The number of rotatable bonds is 4. The summed E-state index contributed by atoms with van der Waals surface area (Å²) in [7, 11) is 0. The molecule has 5 nitrogen and oxygen atoms in total. The van der Waals surface area contributed by atoms with Gasteiger partial charge in [-0.3, -0.25) is 9.59 Å². The summed E-state index contributed by atoms with van der Waals surface area (Å²) in [5.74, 6) is 0.251. The van der Waals surface area contributed by atoms with Crippen LogP contribution in [-0.2, 0) is 14.3 Å². The van der Waals surface area contributed by atoms with Crippen LogP contribution in [0, 0.1) is 11.3 Å². The Labute approximate surface area is 127 Å². The lowest BCUT2D eigenvalue weighted by Gasteiger charge is -2.38. The summed E-state index contributed by atoms with van der Waals surface area (Å²) < 4.78 is 5.43. The molecule has 2 saturated heterocycles. The minimum atomic E-state index is -0.367. The fourth-order valence-electron chi connectivity index (χ4n) is 3.11. The molecule has 21 heavy (non-hydrogen) atoms. The van der Waals surface area contributed by atoms with Crippen molar-refractivity contribution >= 4 is 11.8 Å². The minimum Gasteiger partial charge on any atom is -0.381 e. The molecule has 2 aliphatic heterocycles. The molecule has 5 heteroatoms. The molecule has 0 aromatic carbocycles. The highest BCUT2D eigenvalue weighted by Crippen LogP contribution is 2.31. The molecule has 2 fully saturated rings. The van der Waals surface area contributed by atoms with Crippen LogP contribution in [0.25, 0.3) is 0 Å². The van der Waals surface area contributed by atoms with E-state index in [0.29, 0.717) is 13.0 Å². The molecule has 0 aromatic heterocycles. The number of carbonyl (C=O) groups is 2. The molecule has 0 saturated carbocycles. The summed E-state index contributed by atoms with van der Waals surface area (Å²) in [6, 6.07) is -0.367. The van der Waals surface area contributed by atoms with Crippen LogP contribution < -0.4 is 5.32 Å². The lowest BCUT2D eigenvalue weighted by Crippen LogP contribution is -2.51. The van der Waals surface area contributed by atoms with Crippen molar-refractivity contribution in [2.24, 2.45) is 11.3 Å². The first-order valence-electron chi connectivity index (χ1n) is 8.11. The highest BCUT2D eigenvalue weighted by atomic mass is 16.5. The van der Waals surface area contributed by atoms with Crippen LogP contribution in [-0.4, -0.2) is 49.1 Å². The zero-order chi connectivity index (χ0) is 15.5. The summed E-state index contributed by atoms with van der Waals surface area (Å²) in [5, 5.41) is 2.90. The lowest BCUT2D eigenvalue weighted by atomic mass is 9.81. The average molecular weight is 296 g/mol. The quantitative estimate of drug-likeness (QED) is 0.856. The van der Waals surface area contributed by atoms with Crippen molar-refractivity contribution < 1.29 is 14.3 Å². The predicted molar refractivity (Wildman–Crippen MR) is 80.7 cm³/mol. The first kappa shape index (κ1) is 16.3. The van der Waals surface area contributed by atoms with E-state index in [4.69, 9.17) is 4.74 Å². The van der Waals surface area contributed by atoms with E-state index in [2.05, 4.69) is 19.2 Å². The second-order valence-corrected chi connectivity index (χ2v) is 6.86. The van der Waals surface area contributed by atoms with Gasteiger partial charge in [-0.1, -0.05) is 27.2 Å². The highest BCUT2D eigenvalue weighted by molar-refractivity contribution is 5.90. The van der Waals surface area contributed by atoms with Crippen LogP contribution in [0.3, 0.4) is 0 Å². The van der Waals surface area contributed by atoms with Gasteiger partial charge in [-0.15, -0.1) is 0 Å². The van der Waals surface area contributed by atoms with Gasteiger partial charge in [0, 0.05) is 32.7 Å². The van der Waals surface area contributed by atoms with E-state index in [-0.39, 0.29) is 29.2 Å². The first-order chi connectivity index (χ1) is 9.95. The van der Waals surface area contributed by atoms with E-state index in [0.717, 1.165) is 39.0 Å². The molecule has 1 N–H and O–H groups in total. The Kier molecular flexibility index (Phi) is 5.25. The van der Waals surface area contributed by atoms with Crippen LogP contribution in [0.1, 0.15) is 46.5 Å². The topological polar surface area (TPSA) is 58.6 Å². The molecule has 0 bridgehead atoms. The Hall–Kier alpha value is -1.10.